The molecule has 6 heterocycles. The molecule has 3 saturated heterocycles. The number of nitrogens with zero attached hydrogens (tertiary/aromatic N) is 8. The van der Waals surface area contributed by atoms with Gasteiger partial charge in [0.15, 0.2) is 5.82 Å². The minimum atomic E-state index is -0.420. The molecule has 3 fully saturated rings. The van der Waals surface area contributed by atoms with Crippen molar-refractivity contribution >= 4 is 22.7 Å². The van der Waals surface area contributed by atoms with Gasteiger partial charge < -0.3 is 24.2 Å². The highest BCUT2D eigenvalue weighted by molar-refractivity contribution is 5.74. The van der Waals surface area contributed by atoms with Gasteiger partial charge in [-0.15, -0.1) is 0 Å². The van der Waals surface area contributed by atoms with E-state index in [4.69, 9.17) is 14.5 Å². The highest BCUT2D eigenvalue weighted by atomic mass is 19.1. The van der Waals surface area contributed by atoms with E-state index < -0.39 is 5.82 Å². The van der Waals surface area contributed by atoms with Crippen LogP contribution in [0.4, 0.5) is 21.6 Å². The first-order chi connectivity index (χ1) is 19.0. The smallest absolute Gasteiger partial charge is 0.171 e. The van der Waals surface area contributed by atoms with Crippen molar-refractivity contribution in [1.82, 2.24) is 19.5 Å². The maximum atomic E-state index is 14.7. The summed E-state index contributed by atoms with van der Waals surface area (Å²) in [6.45, 7) is 9.80. The molecule has 0 spiro atoms. The summed E-state index contributed by atoms with van der Waals surface area (Å²) in [4.78, 5) is 14.0. The van der Waals surface area contributed by atoms with Gasteiger partial charge in [0.05, 0.1) is 42.1 Å². The van der Waals surface area contributed by atoms with Crippen molar-refractivity contribution in [2.24, 2.45) is 0 Å². The van der Waals surface area contributed by atoms with Crippen molar-refractivity contribution in [3.8, 4) is 6.07 Å². The lowest BCUT2D eigenvalue weighted by molar-refractivity contribution is -0.0327. The molecule has 11 heteroatoms. The summed E-state index contributed by atoms with van der Waals surface area (Å²) in [6.07, 6.45) is 4.50. The minimum Gasteiger partial charge on any atom is -0.380 e. The van der Waals surface area contributed by atoms with Crippen LogP contribution in [0.2, 0.25) is 0 Å². The molecule has 0 saturated carbocycles. The molecular formula is C28H35FN8O2. The Kier molecular flexibility index (Phi) is 7.25. The third-order valence-electron chi connectivity index (χ3n) is 8.11. The SMILES string of the molecule is COC1CCN(c2ccc(N3CCN(CC4CN(c5ccc(C#N)n6ncc(F)c56)CC(C)O4)CC3)cn2)C1. The first-order valence-electron chi connectivity index (χ1n) is 13.7. The molecule has 3 atom stereocenters. The molecule has 3 unspecified atom stereocenters. The molecule has 0 radical (unpaired) electrons. The van der Waals surface area contributed by atoms with E-state index in [0.717, 1.165) is 69.4 Å². The number of fused-ring (bicyclic) bond motifs is 1. The van der Waals surface area contributed by atoms with E-state index in [1.165, 1.54) is 10.7 Å². The molecule has 206 valence electrons. The second-order valence-electron chi connectivity index (χ2n) is 10.7. The van der Waals surface area contributed by atoms with E-state index in [-0.39, 0.29) is 12.2 Å². The van der Waals surface area contributed by atoms with E-state index in [9.17, 15) is 9.65 Å². The molecule has 0 aromatic carbocycles. The van der Waals surface area contributed by atoms with Crippen LogP contribution in [0.3, 0.4) is 0 Å². The van der Waals surface area contributed by atoms with E-state index in [1.54, 1.807) is 13.2 Å². The fraction of sp³-hybridized carbons (Fsp3) is 0.536. The maximum absolute atomic E-state index is 14.7. The predicted molar refractivity (Wildman–Crippen MR) is 147 cm³/mol. The Hall–Kier alpha value is -3.46. The summed E-state index contributed by atoms with van der Waals surface area (Å²) in [5.74, 6) is 0.594. The van der Waals surface area contributed by atoms with Crippen molar-refractivity contribution < 1.29 is 13.9 Å². The number of anilines is 3. The fourth-order valence-corrected chi connectivity index (χ4v) is 6.09. The highest BCUT2D eigenvalue weighted by Gasteiger charge is 2.30. The zero-order valence-corrected chi connectivity index (χ0v) is 22.5. The minimum absolute atomic E-state index is 0.000635. The van der Waals surface area contributed by atoms with Crippen molar-refractivity contribution in [3.63, 3.8) is 0 Å². The van der Waals surface area contributed by atoms with Gasteiger partial charge in [-0.2, -0.15) is 10.4 Å². The molecule has 6 rings (SSSR count). The van der Waals surface area contributed by atoms with Crippen molar-refractivity contribution in [1.29, 1.82) is 5.26 Å². The number of pyridine rings is 2. The average molecular weight is 535 g/mol. The fourth-order valence-electron chi connectivity index (χ4n) is 6.09. The number of ether oxygens (including phenoxy) is 2. The molecular weight excluding hydrogens is 499 g/mol. The van der Waals surface area contributed by atoms with E-state index in [2.05, 4.69) is 49.8 Å². The number of piperazine rings is 1. The lowest BCUT2D eigenvalue weighted by atomic mass is 10.1. The summed E-state index contributed by atoms with van der Waals surface area (Å²) < 4.78 is 27.9. The molecule has 3 aromatic heterocycles. The zero-order valence-electron chi connectivity index (χ0n) is 22.5. The topological polar surface area (TPSA) is 85.4 Å². The van der Waals surface area contributed by atoms with Crippen LogP contribution in [0.25, 0.3) is 5.52 Å². The first-order valence-corrected chi connectivity index (χ1v) is 13.7. The van der Waals surface area contributed by atoms with Crippen LogP contribution in [-0.4, -0.2) is 104 Å². The summed E-state index contributed by atoms with van der Waals surface area (Å²) in [5.41, 5.74) is 2.56. The standard InChI is InChI=1S/C28H35FN8O2/c1-20-16-36(26-5-3-21(13-30)37-28(26)25(29)15-32-37)19-24(39-20)17-33-9-11-34(12-10-33)22-4-6-27(31-14-22)35-8-7-23(18-35)38-2/h3-6,14-15,20,23-24H,7-12,16-19H2,1-2H3. The molecule has 39 heavy (non-hydrogen) atoms. The Morgan fingerprint density at radius 2 is 1.87 bits per heavy atom. The first kappa shape index (κ1) is 25.8. The van der Waals surface area contributed by atoms with Crippen LogP contribution >= 0.6 is 0 Å². The normalized spacial score (nSPS) is 24.5. The maximum Gasteiger partial charge on any atom is 0.171 e. The van der Waals surface area contributed by atoms with E-state index in [0.29, 0.717) is 30.4 Å². The van der Waals surface area contributed by atoms with Crippen LogP contribution in [0.15, 0.2) is 36.7 Å². The molecule has 0 bridgehead atoms. The van der Waals surface area contributed by atoms with Gasteiger partial charge in [-0.25, -0.2) is 13.9 Å². The van der Waals surface area contributed by atoms with Gasteiger partial charge in [-0.05, 0) is 37.6 Å². The monoisotopic (exact) mass is 534 g/mol. The zero-order chi connectivity index (χ0) is 26.9. The van der Waals surface area contributed by atoms with Crippen molar-refractivity contribution in [2.75, 3.05) is 80.7 Å². The Morgan fingerprint density at radius 1 is 1.03 bits per heavy atom. The van der Waals surface area contributed by atoms with E-state index in [1.807, 2.05) is 12.3 Å². The van der Waals surface area contributed by atoms with Crippen molar-refractivity contribution in [2.45, 2.75) is 31.7 Å². The molecule has 10 nitrogen and oxygen atoms in total. The van der Waals surface area contributed by atoms with Crippen LogP contribution in [0.1, 0.15) is 19.0 Å². The van der Waals surface area contributed by atoms with Gasteiger partial charge in [0.2, 0.25) is 0 Å². The number of methoxy groups -OCH3 is 1. The van der Waals surface area contributed by atoms with Crippen LogP contribution in [-0.2, 0) is 9.47 Å². The lowest BCUT2D eigenvalue weighted by Crippen LogP contribution is -2.54. The third-order valence-corrected chi connectivity index (χ3v) is 8.11. The third kappa shape index (κ3) is 5.24. The van der Waals surface area contributed by atoms with Gasteiger partial charge in [0.25, 0.3) is 0 Å². The molecule has 3 aliphatic heterocycles. The average Bonchev–Trinajstić information content (AvgIpc) is 3.60. The number of aromatic nitrogens is 3. The van der Waals surface area contributed by atoms with Crippen molar-refractivity contribution in [3.05, 3.63) is 48.2 Å². The largest absolute Gasteiger partial charge is 0.380 e. The van der Waals surface area contributed by atoms with Crippen LogP contribution < -0.4 is 14.7 Å². The predicted octanol–water partition coefficient (Wildman–Crippen LogP) is 2.38. The quantitative estimate of drug-likeness (QED) is 0.473. The summed E-state index contributed by atoms with van der Waals surface area (Å²) in [5, 5.41) is 13.5. The summed E-state index contributed by atoms with van der Waals surface area (Å²) >= 11 is 0. The van der Waals surface area contributed by atoms with Gasteiger partial charge >= 0.3 is 0 Å². The number of hydrogen-bond donors (Lipinski definition) is 0. The summed E-state index contributed by atoms with van der Waals surface area (Å²) in [7, 11) is 1.77. The van der Waals surface area contributed by atoms with Crippen LogP contribution in [0, 0.1) is 17.1 Å². The number of rotatable bonds is 6. The molecule has 0 amide bonds. The van der Waals surface area contributed by atoms with Gasteiger partial charge in [0.1, 0.15) is 23.1 Å². The Labute approximate surface area is 228 Å². The molecule has 3 aliphatic rings. The number of morpholine rings is 1. The second-order valence-corrected chi connectivity index (χ2v) is 10.7. The van der Waals surface area contributed by atoms with Gasteiger partial charge in [-0.3, -0.25) is 4.90 Å². The lowest BCUT2D eigenvalue weighted by Gasteiger charge is -2.42. The Morgan fingerprint density at radius 3 is 2.59 bits per heavy atom. The molecule has 0 N–H and O–H groups in total. The van der Waals surface area contributed by atoms with Gasteiger partial charge in [-0.1, -0.05) is 0 Å². The van der Waals surface area contributed by atoms with Gasteiger partial charge in [0, 0.05) is 66.0 Å². The number of nitriles is 1. The highest BCUT2D eigenvalue weighted by Crippen LogP contribution is 2.29. The summed E-state index contributed by atoms with van der Waals surface area (Å²) in [6, 6.07) is 9.91. The molecule has 0 aliphatic carbocycles. The number of hydrogen-bond acceptors (Lipinski definition) is 9. The second kappa shape index (κ2) is 11.0. The van der Waals surface area contributed by atoms with Crippen LogP contribution in [0.5, 0.6) is 0 Å². The van der Waals surface area contributed by atoms with E-state index >= 15 is 0 Å². The Balaban J connectivity index is 1.06. The molecule has 3 aromatic rings. The number of halogens is 1. The Bertz CT molecular complexity index is 1330.